The van der Waals surface area contributed by atoms with Crippen molar-refractivity contribution in [3.8, 4) is 0 Å². The van der Waals surface area contributed by atoms with Gasteiger partial charge in [-0.2, -0.15) is 0 Å². The Bertz CT molecular complexity index is 141. The van der Waals surface area contributed by atoms with Crippen molar-refractivity contribution < 1.29 is 0 Å². The molecule has 0 spiro atoms. The van der Waals surface area contributed by atoms with Gasteiger partial charge in [-0.15, -0.1) is 0 Å². The second-order valence-electron chi connectivity index (χ2n) is 4.64. The lowest BCUT2D eigenvalue weighted by atomic mass is 10.1. The van der Waals surface area contributed by atoms with Gasteiger partial charge in [-0.3, -0.25) is 0 Å². The van der Waals surface area contributed by atoms with Gasteiger partial charge in [-0.25, -0.2) is 0 Å². The molecule has 1 heterocycles. The number of nitrogens with zero attached hydrogens (tertiary/aromatic N) is 2. The van der Waals surface area contributed by atoms with Crippen LogP contribution in [0.25, 0.3) is 0 Å². The number of nitrogens with one attached hydrogen (secondary N) is 1. The van der Waals surface area contributed by atoms with Crippen LogP contribution in [0.2, 0.25) is 0 Å². The lowest BCUT2D eigenvalue weighted by Gasteiger charge is -2.31. The number of likely N-dealkylation sites (N-methyl/N-ethyl adjacent to an activating group) is 1. The Labute approximate surface area is 88.5 Å². The minimum atomic E-state index is 0.769. The van der Waals surface area contributed by atoms with Crippen LogP contribution in [0.15, 0.2) is 0 Å². The van der Waals surface area contributed by atoms with Crippen molar-refractivity contribution in [2.45, 2.75) is 25.3 Å². The molecule has 1 fully saturated rings. The Morgan fingerprint density at radius 2 is 2.00 bits per heavy atom. The minimum absolute atomic E-state index is 0.769. The van der Waals surface area contributed by atoms with Crippen molar-refractivity contribution in [1.82, 2.24) is 15.1 Å². The smallest absolute Gasteiger partial charge is 0.0218 e. The van der Waals surface area contributed by atoms with Gasteiger partial charge in [0.25, 0.3) is 0 Å². The van der Waals surface area contributed by atoms with Crippen LogP contribution in [-0.4, -0.2) is 63.2 Å². The maximum atomic E-state index is 3.46. The monoisotopic (exact) mass is 199 g/mol. The molecule has 1 N–H and O–H groups in total. The molecule has 0 radical (unpaired) electrons. The van der Waals surface area contributed by atoms with Gasteiger partial charge < -0.3 is 15.1 Å². The molecular formula is C11H25N3. The van der Waals surface area contributed by atoms with E-state index in [1.807, 2.05) is 0 Å². The topological polar surface area (TPSA) is 18.5 Å². The molecule has 1 atom stereocenters. The van der Waals surface area contributed by atoms with Crippen molar-refractivity contribution in [1.29, 1.82) is 0 Å². The van der Waals surface area contributed by atoms with Gasteiger partial charge in [-0.05, 0) is 60.0 Å². The summed E-state index contributed by atoms with van der Waals surface area (Å²) < 4.78 is 0. The van der Waals surface area contributed by atoms with Crippen LogP contribution in [-0.2, 0) is 0 Å². The van der Waals surface area contributed by atoms with Gasteiger partial charge in [-0.1, -0.05) is 0 Å². The zero-order valence-electron chi connectivity index (χ0n) is 9.92. The molecule has 1 rings (SSSR count). The molecule has 1 aliphatic heterocycles. The first-order chi connectivity index (χ1) is 6.70. The first-order valence-electron chi connectivity index (χ1n) is 5.76. The number of rotatable bonds is 5. The molecule has 3 heteroatoms. The molecule has 0 bridgehead atoms. The quantitative estimate of drug-likeness (QED) is 0.700. The molecule has 0 aliphatic carbocycles. The summed E-state index contributed by atoms with van der Waals surface area (Å²) in [6, 6.07) is 0.769. The van der Waals surface area contributed by atoms with E-state index in [0.29, 0.717) is 0 Å². The highest BCUT2D eigenvalue weighted by Crippen LogP contribution is 2.08. The second-order valence-corrected chi connectivity index (χ2v) is 4.64. The maximum absolute atomic E-state index is 3.46. The van der Waals surface area contributed by atoms with E-state index >= 15 is 0 Å². The average molecular weight is 199 g/mol. The normalized spacial score (nSPS) is 23.4. The predicted molar refractivity (Wildman–Crippen MR) is 61.7 cm³/mol. The number of piperidine rings is 1. The molecule has 1 unspecified atom stereocenters. The standard InChI is InChI=1S/C11H25N3/c1-13(2)8-5-9-14(3)11-6-4-7-12-10-11/h11-12H,4-10H2,1-3H3. The van der Waals surface area contributed by atoms with Crippen molar-refractivity contribution >= 4 is 0 Å². The van der Waals surface area contributed by atoms with Gasteiger partial charge >= 0.3 is 0 Å². The Balaban J connectivity index is 2.10. The first kappa shape index (κ1) is 12.0. The second kappa shape index (κ2) is 6.38. The maximum Gasteiger partial charge on any atom is 0.0218 e. The molecule has 1 saturated heterocycles. The third kappa shape index (κ3) is 4.40. The van der Waals surface area contributed by atoms with Crippen LogP contribution in [0, 0.1) is 0 Å². The summed E-state index contributed by atoms with van der Waals surface area (Å²) in [5.41, 5.74) is 0. The zero-order chi connectivity index (χ0) is 10.4. The van der Waals surface area contributed by atoms with E-state index in [0.717, 1.165) is 6.04 Å². The average Bonchev–Trinajstić information content (AvgIpc) is 2.18. The van der Waals surface area contributed by atoms with E-state index in [1.54, 1.807) is 0 Å². The van der Waals surface area contributed by atoms with E-state index in [1.165, 1.54) is 45.4 Å². The molecule has 0 aromatic heterocycles. The van der Waals surface area contributed by atoms with E-state index < -0.39 is 0 Å². The van der Waals surface area contributed by atoms with Crippen molar-refractivity contribution in [2.24, 2.45) is 0 Å². The largest absolute Gasteiger partial charge is 0.315 e. The fourth-order valence-electron chi connectivity index (χ4n) is 2.03. The van der Waals surface area contributed by atoms with Crippen LogP contribution in [0.5, 0.6) is 0 Å². The van der Waals surface area contributed by atoms with Crippen LogP contribution in [0.1, 0.15) is 19.3 Å². The molecule has 14 heavy (non-hydrogen) atoms. The summed E-state index contributed by atoms with van der Waals surface area (Å²) >= 11 is 0. The Hall–Kier alpha value is -0.120. The Kier molecular flexibility index (Phi) is 5.45. The summed E-state index contributed by atoms with van der Waals surface area (Å²) in [5.74, 6) is 0. The number of hydrogen-bond donors (Lipinski definition) is 1. The minimum Gasteiger partial charge on any atom is -0.315 e. The summed E-state index contributed by atoms with van der Waals surface area (Å²) in [6.07, 6.45) is 3.98. The highest BCUT2D eigenvalue weighted by atomic mass is 15.2. The molecule has 1 aliphatic rings. The Morgan fingerprint density at radius 1 is 1.21 bits per heavy atom. The lowest BCUT2D eigenvalue weighted by molar-refractivity contribution is 0.195. The molecule has 0 saturated carbocycles. The third-order valence-corrected chi connectivity index (χ3v) is 3.01. The van der Waals surface area contributed by atoms with Gasteiger partial charge in [0.15, 0.2) is 0 Å². The van der Waals surface area contributed by atoms with Crippen molar-refractivity contribution in [3.63, 3.8) is 0 Å². The zero-order valence-corrected chi connectivity index (χ0v) is 9.92. The SMILES string of the molecule is CN(C)CCCN(C)C1CCCNC1. The van der Waals surface area contributed by atoms with E-state index in [-0.39, 0.29) is 0 Å². The first-order valence-corrected chi connectivity index (χ1v) is 5.76. The van der Waals surface area contributed by atoms with Crippen molar-refractivity contribution in [3.05, 3.63) is 0 Å². The molecule has 3 nitrogen and oxygen atoms in total. The summed E-state index contributed by atoms with van der Waals surface area (Å²) in [5, 5.41) is 3.46. The third-order valence-electron chi connectivity index (χ3n) is 3.01. The van der Waals surface area contributed by atoms with Crippen molar-refractivity contribution in [2.75, 3.05) is 47.3 Å². The summed E-state index contributed by atoms with van der Waals surface area (Å²) in [4.78, 5) is 4.77. The fourth-order valence-corrected chi connectivity index (χ4v) is 2.03. The van der Waals surface area contributed by atoms with Crippen LogP contribution in [0.4, 0.5) is 0 Å². The highest BCUT2D eigenvalue weighted by Gasteiger charge is 2.16. The molecular weight excluding hydrogens is 174 g/mol. The van der Waals surface area contributed by atoms with Crippen LogP contribution >= 0.6 is 0 Å². The van der Waals surface area contributed by atoms with E-state index in [2.05, 4.69) is 36.3 Å². The van der Waals surface area contributed by atoms with Gasteiger partial charge in [0.05, 0.1) is 0 Å². The van der Waals surface area contributed by atoms with E-state index in [9.17, 15) is 0 Å². The van der Waals surface area contributed by atoms with E-state index in [4.69, 9.17) is 0 Å². The van der Waals surface area contributed by atoms with Gasteiger partial charge in [0, 0.05) is 12.6 Å². The Morgan fingerprint density at radius 3 is 2.57 bits per heavy atom. The van der Waals surface area contributed by atoms with Crippen LogP contribution in [0.3, 0.4) is 0 Å². The lowest BCUT2D eigenvalue weighted by Crippen LogP contribution is -2.44. The number of hydrogen-bond acceptors (Lipinski definition) is 3. The molecule has 0 aromatic carbocycles. The summed E-state index contributed by atoms with van der Waals surface area (Å²) in [7, 11) is 6.54. The van der Waals surface area contributed by atoms with Crippen LogP contribution < -0.4 is 5.32 Å². The molecule has 84 valence electrons. The highest BCUT2D eigenvalue weighted by molar-refractivity contribution is 4.76. The molecule has 0 aromatic rings. The van der Waals surface area contributed by atoms with Gasteiger partial charge in [0.2, 0.25) is 0 Å². The predicted octanol–water partition coefficient (Wildman–Crippen LogP) is 0.622. The van der Waals surface area contributed by atoms with Gasteiger partial charge in [0.1, 0.15) is 0 Å². The summed E-state index contributed by atoms with van der Waals surface area (Å²) in [6.45, 7) is 4.81. The molecule has 0 amide bonds. The fraction of sp³-hybridized carbons (Fsp3) is 1.00.